The van der Waals surface area contributed by atoms with Gasteiger partial charge in [0, 0.05) is 12.2 Å². The fourth-order valence-electron chi connectivity index (χ4n) is 1.45. The molecule has 0 amide bonds. The van der Waals surface area contributed by atoms with Crippen molar-refractivity contribution in [3.63, 3.8) is 0 Å². The van der Waals surface area contributed by atoms with Gasteiger partial charge in [0.25, 0.3) is 0 Å². The first kappa shape index (κ1) is 14.1. The summed E-state index contributed by atoms with van der Waals surface area (Å²) in [5.41, 5.74) is 0. The highest BCUT2D eigenvalue weighted by Crippen LogP contribution is 2.09. The quantitative estimate of drug-likeness (QED) is 0.741. The van der Waals surface area contributed by atoms with Crippen molar-refractivity contribution < 1.29 is 13.5 Å². The molecule has 6 nitrogen and oxygen atoms in total. The molecule has 1 rings (SSSR count). The van der Waals surface area contributed by atoms with E-state index >= 15 is 0 Å². The van der Waals surface area contributed by atoms with Crippen LogP contribution in [0.15, 0.2) is 17.3 Å². The molecule has 0 unspecified atom stereocenters. The Labute approximate surface area is 102 Å². The van der Waals surface area contributed by atoms with E-state index in [-0.39, 0.29) is 17.5 Å². The smallest absolute Gasteiger partial charge is 0.243 e. The molecule has 0 spiro atoms. The van der Waals surface area contributed by atoms with E-state index < -0.39 is 10.0 Å². The number of aliphatic hydroxyl groups excluding tert-OH is 1. The van der Waals surface area contributed by atoms with Gasteiger partial charge in [-0.1, -0.05) is 13.8 Å². The van der Waals surface area contributed by atoms with Crippen LogP contribution in [0, 0.1) is 0 Å². The predicted octanol–water partition coefficient (Wildman–Crippen LogP) is 0.342. The number of aromatic nitrogens is 2. The average molecular weight is 261 g/mol. The topological polar surface area (TPSA) is 84.2 Å². The third-order valence-corrected chi connectivity index (χ3v) is 4.03. The number of hydrogen-bond acceptors (Lipinski definition) is 4. The zero-order chi connectivity index (χ0) is 12.9. The molecule has 7 heteroatoms. The minimum atomic E-state index is -3.50. The Hall–Kier alpha value is -0.920. The highest BCUT2D eigenvalue weighted by atomic mass is 32.2. The summed E-state index contributed by atoms with van der Waals surface area (Å²) in [4.78, 5) is 0.137. The second-order valence-corrected chi connectivity index (χ2v) is 5.51. The molecule has 1 aromatic rings. The third kappa shape index (κ3) is 3.79. The van der Waals surface area contributed by atoms with E-state index in [0.717, 1.165) is 12.8 Å². The summed E-state index contributed by atoms with van der Waals surface area (Å²) in [6.07, 6.45) is 4.21. The van der Waals surface area contributed by atoms with Crippen LogP contribution >= 0.6 is 0 Å². The molecule has 0 saturated carbocycles. The van der Waals surface area contributed by atoms with Crippen molar-refractivity contribution in [1.82, 2.24) is 14.5 Å². The largest absolute Gasteiger partial charge is 0.394 e. The molecule has 0 bridgehead atoms. The van der Waals surface area contributed by atoms with Crippen LogP contribution < -0.4 is 4.72 Å². The van der Waals surface area contributed by atoms with Crippen molar-refractivity contribution in [3.05, 3.63) is 12.4 Å². The molecule has 0 aliphatic rings. The highest BCUT2D eigenvalue weighted by Gasteiger charge is 2.19. The van der Waals surface area contributed by atoms with Gasteiger partial charge in [-0.25, -0.2) is 13.1 Å². The fourth-order valence-corrected chi connectivity index (χ4v) is 2.81. The molecule has 2 N–H and O–H groups in total. The number of nitrogens with one attached hydrogen (secondary N) is 1. The van der Waals surface area contributed by atoms with Gasteiger partial charge in [-0.05, 0) is 12.8 Å². The van der Waals surface area contributed by atoms with E-state index in [2.05, 4.69) is 9.82 Å². The van der Waals surface area contributed by atoms with Gasteiger partial charge < -0.3 is 5.11 Å². The van der Waals surface area contributed by atoms with Crippen LogP contribution in [0.2, 0.25) is 0 Å². The van der Waals surface area contributed by atoms with Crippen molar-refractivity contribution in [2.75, 3.05) is 6.61 Å². The van der Waals surface area contributed by atoms with Crippen molar-refractivity contribution in [2.24, 2.45) is 0 Å². The van der Waals surface area contributed by atoms with Gasteiger partial charge in [0.2, 0.25) is 10.0 Å². The first-order valence-electron chi connectivity index (χ1n) is 5.69. The number of aliphatic hydroxyl groups is 1. The molecule has 0 aliphatic heterocycles. The third-order valence-electron chi connectivity index (χ3n) is 2.56. The van der Waals surface area contributed by atoms with E-state index in [0.29, 0.717) is 6.54 Å². The van der Waals surface area contributed by atoms with Gasteiger partial charge in [-0.2, -0.15) is 5.10 Å². The summed E-state index contributed by atoms with van der Waals surface area (Å²) >= 11 is 0. The Morgan fingerprint density at radius 2 is 2.12 bits per heavy atom. The van der Waals surface area contributed by atoms with Crippen molar-refractivity contribution in [1.29, 1.82) is 0 Å². The Bertz CT molecular complexity index is 437. The molecule has 0 atom stereocenters. The lowest BCUT2D eigenvalue weighted by Crippen LogP contribution is -2.33. The highest BCUT2D eigenvalue weighted by molar-refractivity contribution is 7.89. The number of hydrogen-bond donors (Lipinski definition) is 2. The molecule has 0 fully saturated rings. The predicted molar refractivity (Wildman–Crippen MR) is 64.0 cm³/mol. The summed E-state index contributed by atoms with van der Waals surface area (Å²) in [7, 11) is -3.50. The number of sulfonamides is 1. The molecule has 0 aromatic carbocycles. The lowest BCUT2D eigenvalue weighted by atomic mass is 10.2. The number of rotatable bonds is 7. The zero-order valence-corrected chi connectivity index (χ0v) is 10.9. The summed E-state index contributed by atoms with van der Waals surface area (Å²) < 4.78 is 27.9. The molecule has 17 heavy (non-hydrogen) atoms. The molecule has 98 valence electrons. The molecular formula is C10H19N3O3S. The van der Waals surface area contributed by atoms with Gasteiger partial charge >= 0.3 is 0 Å². The Balaban J connectivity index is 2.81. The maximum Gasteiger partial charge on any atom is 0.243 e. The molecular weight excluding hydrogens is 242 g/mol. The first-order valence-corrected chi connectivity index (χ1v) is 7.17. The van der Waals surface area contributed by atoms with Gasteiger partial charge in [-0.15, -0.1) is 0 Å². The lowest BCUT2D eigenvalue weighted by Gasteiger charge is -2.13. The monoisotopic (exact) mass is 261 g/mol. The lowest BCUT2D eigenvalue weighted by molar-refractivity contribution is 0.269. The Morgan fingerprint density at radius 1 is 1.47 bits per heavy atom. The van der Waals surface area contributed by atoms with Gasteiger partial charge in [0.15, 0.2) is 0 Å². The number of nitrogens with zero attached hydrogens (tertiary/aromatic N) is 2. The van der Waals surface area contributed by atoms with E-state index in [9.17, 15) is 8.42 Å². The zero-order valence-electron chi connectivity index (χ0n) is 10.1. The first-order chi connectivity index (χ1) is 8.03. The van der Waals surface area contributed by atoms with E-state index in [4.69, 9.17) is 5.11 Å². The minimum absolute atomic E-state index is 0.0545. The van der Waals surface area contributed by atoms with Crippen LogP contribution in [0.25, 0.3) is 0 Å². The Kier molecular flexibility index (Phi) is 5.10. The van der Waals surface area contributed by atoms with Crippen molar-refractivity contribution in [2.45, 2.75) is 44.2 Å². The molecule has 0 saturated heterocycles. The van der Waals surface area contributed by atoms with Crippen LogP contribution in [-0.4, -0.2) is 36.0 Å². The van der Waals surface area contributed by atoms with E-state index in [1.165, 1.54) is 17.1 Å². The maximum atomic E-state index is 12.0. The standard InChI is InChI=1S/C10H19N3O3S/c1-3-9(4-2)12-17(15,16)10-7-11-13(8-10)5-6-14/h7-9,12,14H,3-6H2,1-2H3. The second-order valence-electron chi connectivity index (χ2n) is 3.80. The molecule has 0 radical (unpaired) electrons. The average Bonchev–Trinajstić information content (AvgIpc) is 2.76. The van der Waals surface area contributed by atoms with E-state index in [1.54, 1.807) is 0 Å². The molecule has 0 aliphatic carbocycles. The van der Waals surface area contributed by atoms with Gasteiger partial charge in [-0.3, -0.25) is 4.68 Å². The summed E-state index contributed by atoms with van der Waals surface area (Å²) in [5.74, 6) is 0. The second kappa shape index (κ2) is 6.13. The normalized spacial score (nSPS) is 12.2. The van der Waals surface area contributed by atoms with Crippen LogP contribution in [0.5, 0.6) is 0 Å². The summed E-state index contributed by atoms with van der Waals surface area (Å²) in [6, 6.07) is -0.0545. The van der Waals surface area contributed by atoms with Crippen LogP contribution in [0.3, 0.4) is 0 Å². The van der Waals surface area contributed by atoms with Crippen LogP contribution in [-0.2, 0) is 16.6 Å². The van der Waals surface area contributed by atoms with Gasteiger partial charge in [0.05, 0.1) is 19.3 Å². The molecule has 1 aromatic heterocycles. The summed E-state index contributed by atoms with van der Waals surface area (Å²) in [5, 5.41) is 12.6. The SMILES string of the molecule is CCC(CC)NS(=O)(=O)c1cnn(CCO)c1. The van der Waals surface area contributed by atoms with Gasteiger partial charge in [0.1, 0.15) is 4.90 Å². The fraction of sp³-hybridized carbons (Fsp3) is 0.700. The minimum Gasteiger partial charge on any atom is -0.394 e. The molecule has 1 heterocycles. The Morgan fingerprint density at radius 3 is 2.65 bits per heavy atom. The van der Waals surface area contributed by atoms with E-state index in [1.807, 2.05) is 13.8 Å². The maximum absolute atomic E-state index is 12.0. The van der Waals surface area contributed by atoms with Crippen LogP contribution in [0.4, 0.5) is 0 Å². The van der Waals surface area contributed by atoms with Crippen molar-refractivity contribution >= 4 is 10.0 Å². The summed E-state index contributed by atoms with van der Waals surface area (Å²) in [6.45, 7) is 4.10. The van der Waals surface area contributed by atoms with Crippen molar-refractivity contribution in [3.8, 4) is 0 Å². The van der Waals surface area contributed by atoms with Crippen LogP contribution in [0.1, 0.15) is 26.7 Å².